The normalized spacial score (nSPS) is 12.2. The summed E-state index contributed by atoms with van der Waals surface area (Å²) in [4.78, 5) is 10.7. The molecule has 0 aliphatic rings. The monoisotopic (exact) mass is 709 g/mol. The lowest BCUT2D eigenvalue weighted by molar-refractivity contribution is 1.21. The van der Waals surface area contributed by atoms with Crippen molar-refractivity contribution in [2.24, 2.45) is 0 Å². The topological polar surface area (TPSA) is 30.7 Å². The minimum atomic E-state index is 0.748. The van der Waals surface area contributed by atoms with Crippen LogP contribution >= 0.6 is 22.7 Å². The van der Waals surface area contributed by atoms with Crippen LogP contribution in [0.3, 0.4) is 0 Å². The number of fused-ring (bicyclic) bond motifs is 12. The van der Waals surface area contributed by atoms with Crippen LogP contribution in [0.2, 0.25) is 0 Å². The van der Waals surface area contributed by atoms with Crippen molar-refractivity contribution < 1.29 is 0 Å². The Balaban J connectivity index is 1.10. The molecule has 5 heteroatoms. The van der Waals surface area contributed by atoms with Crippen molar-refractivity contribution >= 4 is 106 Å². The van der Waals surface area contributed by atoms with Crippen LogP contribution in [0.15, 0.2) is 164 Å². The Kier molecular flexibility index (Phi) is 6.09. The minimum absolute atomic E-state index is 0.748. The summed E-state index contributed by atoms with van der Waals surface area (Å²) < 4.78 is 7.32. The van der Waals surface area contributed by atoms with Crippen LogP contribution in [0.5, 0.6) is 0 Å². The number of thiophene rings is 2. The fourth-order valence-corrected chi connectivity index (χ4v) is 10.7. The lowest BCUT2D eigenvalue weighted by atomic mass is 10.0. The summed E-state index contributed by atoms with van der Waals surface area (Å²) in [5, 5.41) is 11.2. The van der Waals surface area contributed by atoms with Crippen LogP contribution in [-0.2, 0) is 0 Å². The number of benzene rings is 8. The van der Waals surface area contributed by atoms with E-state index in [-0.39, 0.29) is 0 Å². The van der Waals surface area contributed by atoms with Gasteiger partial charge in [-0.15, -0.1) is 22.7 Å². The number of rotatable bonds is 3. The van der Waals surface area contributed by atoms with Crippen LogP contribution in [-0.4, -0.2) is 14.5 Å². The summed E-state index contributed by atoms with van der Waals surface area (Å²) in [6.45, 7) is 0. The first kappa shape index (κ1) is 29.2. The van der Waals surface area contributed by atoms with E-state index in [2.05, 4.69) is 168 Å². The minimum Gasteiger partial charge on any atom is -0.308 e. The molecule has 12 aromatic rings. The molecule has 53 heavy (non-hydrogen) atoms. The maximum Gasteiger partial charge on any atom is 0.160 e. The molecule has 0 radical (unpaired) electrons. The van der Waals surface area contributed by atoms with E-state index < -0.39 is 0 Å². The Morgan fingerprint density at radius 3 is 2.08 bits per heavy atom. The zero-order valence-corrected chi connectivity index (χ0v) is 29.9. The van der Waals surface area contributed by atoms with Crippen LogP contribution in [0, 0.1) is 0 Å². The average Bonchev–Trinajstić information content (AvgIpc) is 3.90. The molecule has 0 unspecified atom stereocenters. The number of hydrogen-bond acceptors (Lipinski definition) is 4. The third-order valence-electron chi connectivity index (χ3n) is 10.8. The fraction of sp³-hybridized carbons (Fsp3) is 0. The van der Waals surface area contributed by atoms with Crippen molar-refractivity contribution in [2.45, 2.75) is 0 Å². The van der Waals surface area contributed by atoms with Crippen molar-refractivity contribution in [2.75, 3.05) is 0 Å². The fourth-order valence-electron chi connectivity index (χ4n) is 8.37. The van der Waals surface area contributed by atoms with Crippen LogP contribution < -0.4 is 0 Å². The maximum atomic E-state index is 5.36. The SMILES string of the molecule is c1ccc2cc(-c3nc(-c4ccc5c(c4)sc4cccc(-n6c7ccccc7c7ccc8ccccc8c76)c45)nc4c3sc3ccccc34)ccc2c1. The van der Waals surface area contributed by atoms with Crippen molar-refractivity contribution in [3.8, 4) is 28.3 Å². The van der Waals surface area contributed by atoms with Crippen LogP contribution in [0.4, 0.5) is 0 Å². The lowest BCUT2D eigenvalue weighted by Crippen LogP contribution is -1.95. The van der Waals surface area contributed by atoms with Crippen molar-refractivity contribution in [1.29, 1.82) is 0 Å². The van der Waals surface area contributed by atoms with Gasteiger partial charge in [-0.3, -0.25) is 0 Å². The van der Waals surface area contributed by atoms with E-state index in [0.717, 1.165) is 32.9 Å². The second-order valence-corrected chi connectivity index (χ2v) is 15.9. The average molecular weight is 710 g/mol. The molecule has 0 atom stereocenters. The highest BCUT2D eigenvalue weighted by molar-refractivity contribution is 7.26. The Morgan fingerprint density at radius 2 is 1.15 bits per heavy atom. The molecule has 4 heterocycles. The number of nitrogens with zero attached hydrogens (tertiary/aromatic N) is 3. The van der Waals surface area contributed by atoms with Crippen molar-refractivity contribution in [3.05, 3.63) is 164 Å². The second kappa shape index (κ2) is 11.1. The van der Waals surface area contributed by atoms with Gasteiger partial charge in [-0.25, -0.2) is 9.97 Å². The van der Waals surface area contributed by atoms with E-state index in [1.807, 2.05) is 11.3 Å². The van der Waals surface area contributed by atoms with E-state index in [1.54, 1.807) is 11.3 Å². The Labute approximate surface area is 311 Å². The number of para-hydroxylation sites is 1. The Bertz CT molecular complexity index is 3480. The molecular formula is C48H27N3S2. The largest absolute Gasteiger partial charge is 0.308 e. The first-order chi connectivity index (χ1) is 26.3. The van der Waals surface area contributed by atoms with Crippen molar-refractivity contribution in [3.63, 3.8) is 0 Å². The maximum absolute atomic E-state index is 5.36. The second-order valence-electron chi connectivity index (χ2n) is 13.7. The summed E-state index contributed by atoms with van der Waals surface area (Å²) in [6, 6.07) is 59.4. The highest BCUT2D eigenvalue weighted by Crippen LogP contribution is 2.44. The molecule has 0 fully saturated rings. The predicted molar refractivity (Wildman–Crippen MR) is 228 cm³/mol. The number of aromatic nitrogens is 3. The van der Waals surface area contributed by atoms with E-state index in [0.29, 0.717) is 0 Å². The first-order valence-corrected chi connectivity index (χ1v) is 19.5. The molecule has 0 bridgehead atoms. The summed E-state index contributed by atoms with van der Waals surface area (Å²) in [5.41, 5.74) is 7.78. The van der Waals surface area contributed by atoms with Crippen LogP contribution in [0.25, 0.3) is 112 Å². The Hall–Kier alpha value is -6.40. The van der Waals surface area contributed by atoms with Crippen molar-refractivity contribution in [1.82, 2.24) is 14.5 Å². The number of hydrogen-bond donors (Lipinski definition) is 0. The highest BCUT2D eigenvalue weighted by atomic mass is 32.1. The van der Waals surface area contributed by atoms with E-state index in [4.69, 9.17) is 9.97 Å². The smallest absolute Gasteiger partial charge is 0.160 e. The quantitative estimate of drug-likeness (QED) is 0.183. The summed E-state index contributed by atoms with van der Waals surface area (Å²) in [6.07, 6.45) is 0. The summed E-state index contributed by atoms with van der Waals surface area (Å²) in [7, 11) is 0. The van der Waals surface area contributed by atoms with Gasteiger partial charge >= 0.3 is 0 Å². The molecule has 0 N–H and O–H groups in total. The molecule has 0 saturated heterocycles. The molecule has 0 saturated carbocycles. The van der Waals surface area contributed by atoms with Gasteiger partial charge in [0.1, 0.15) is 0 Å². The van der Waals surface area contributed by atoms with E-state index >= 15 is 0 Å². The molecule has 4 aromatic heterocycles. The van der Waals surface area contributed by atoms with Crippen LogP contribution in [0.1, 0.15) is 0 Å². The molecule has 0 amide bonds. The summed E-state index contributed by atoms with van der Waals surface area (Å²) >= 11 is 3.61. The highest BCUT2D eigenvalue weighted by Gasteiger charge is 2.20. The molecule has 246 valence electrons. The van der Waals surface area contributed by atoms with Gasteiger partial charge in [-0.2, -0.15) is 0 Å². The lowest BCUT2D eigenvalue weighted by Gasteiger charge is -2.12. The van der Waals surface area contributed by atoms with E-state index in [9.17, 15) is 0 Å². The molecule has 0 spiro atoms. The van der Waals surface area contributed by atoms with Gasteiger partial charge in [0.05, 0.1) is 32.6 Å². The zero-order chi connectivity index (χ0) is 34.6. The molecule has 0 aliphatic heterocycles. The predicted octanol–water partition coefficient (Wildman–Crippen LogP) is 13.9. The molecular weight excluding hydrogens is 683 g/mol. The molecule has 3 nitrogen and oxygen atoms in total. The third-order valence-corrected chi connectivity index (χ3v) is 13.1. The van der Waals surface area contributed by atoms with Gasteiger partial charge in [-0.1, -0.05) is 127 Å². The standard InChI is InChI=1S/C48H27N3S2/c1-2-12-30-26-31(21-20-28(30)10-1)44-47-45(37-15-6-8-18-40(37)53-47)50-48(49-44)32-23-25-36-42(27-32)52-41-19-9-17-39(43(36)41)51-38-16-7-5-14-34(38)35-24-22-29-11-3-4-13-33(29)46(35)51/h1-27H. The third kappa shape index (κ3) is 4.26. The summed E-state index contributed by atoms with van der Waals surface area (Å²) in [5.74, 6) is 0.748. The van der Waals surface area contributed by atoms with Gasteiger partial charge in [0, 0.05) is 57.5 Å². The van der Waals surface area contributed by atoms with Gasteiger partial charge < -0.3 is 4.57 Å². The van der Waals surface area contributed by atoms with E-state index in [1.165, 1.54) is 79.3 Å². The van der Waals surface area contributed by atoms with Gasteiger partial charge in [0.25, 0.3) is 0 Å². The van der Waals surface area contributed by atoms with Gasteiger partial charge in [0.15, 0.2) is 5.82 Å². The molecule has 12 rings (SSSR count). The molecule has 8 aromatic carbocycles. The van der Waals surface area contributed by atoms with Gasteiger partial charge in [-0.05, 0) is 52.6 Å². The zero-order valence-electron chi connectivity index (χ0n) is 28.2. The first-order valence-electron chi connectivity index (χ1n) is 17.8. The molecule has 0 aliphatic carbocycles. The van der Waals surface area contributed by atoms with Gasteiger partial charge in [0.2, 0.25) is 0 Å². The Morgan fingerprint density at radius 1 is 0.434 bits per heavy atom.